The first kappa shape index (κ1) is 17.2. The van der Waals surface area contributed by atoms with E-state index in [1.54, 1.807) is 7.11 Å². The second kappa shape index (κ2) is 9.09. The Morgan fingerprint density at radius 2 is 1.95 bits per heavy atom. The fourth-order valence-corrected chi connectivity index (χ4v) is 3.76. The smallest absolute Gasteiger partial charge is 0.0700 e. The van der Waals surface area contributed by atoms with Crippen molar-refractivity contribution in [1.82, 2.24) is 9.80 Å². The second-order valence-corrected chi connectivity index (χ2v) is 6.91. The number of piperazine rings is 1. The summed E-state index contributed by atoms with van der Waals surface area (Å²) in [6.45, 7) is 12.2. The summed E-state index contributed by atoms with van der Waals surface area (Å²) in [5.41, 5.74) is 0. The van der Waals surface area contributed by atoms with E-state index in [9.17, 15) is 0 Å². The predicted molar refractivity (Wildman–Crippen MR) is 86.7 cm³/mol. The molecule has 2 aliphatic heterocycles. The molecule has 124 valence electrons. The summed E-state index contributed by atoms with van der Waals surface area (Å²) in [6, 6.07) is 1.58. The van der Waals surface area contributed by atoms with Crippen molar-refractivity contribution in [3.8, 4) is 0 Å². The van der Waals surface area contributed by atoms with Gasteiger partial charge < -0.3 is 9.47 Å². The Hall–Kier alpha value is -0.160. The van der Waals surface area contributed by atoms with Crippen molar-refractivity contribution in [2.24, 2.45) is 5.92 Å². The highest BCUT2D eigenvalue weighted by atomic mass is 16.5. The highest BCUT2D eigenvalue weighted by Crippen LogP contribution is 2.27. The molecule has 2 rings (SSSR count). The number of unbranched alkanes of at least 4 members (excludes halogenated alkanes) is 1. The standard InChI is InChI=1S/C17H34N2O2/c1-15(2)17-14-18-9-6-7-16(18)13-19(17)8-4-5-10-21-12-11-20-3/h15-17H,4-14H2,1-3H3. The van der Waals surface area contributed by atoms with E-state index >= 15 is 0 Å². The number of hydrogen-bond acceptors (Lipinski definition) is 4. The van der Waals surface area contributed by atoms with Crippen LogP contribution in [0.3, 0.4) is 0 Å². The SMILES string of the molecule is COCCOCCCCN1CC2CCCN2CC1C(C)C. The molecule has 0 aliphatic carbocycles. The lowest BCUT2D eigenvalue weighted by atomic mass is 9.97. The minimum absolute atomic E-state index is 0.707. The zero-order valence-corrected chi connectivity index (χ0v) is 14.2. The zero-order chi connectivity index (χ0) is 15.1. The Kier molecular flexibility index (Phi) is 7.44. The van der Waals surface area contributed by atoms with E-state index in [2.05, 4.69) is 23.6 Å². The lowest BCUT2D eigenvalue weighted by Gasteiger charge is -2.45. The molecule has 2 unspecified atom stereocenters. The first-order valence-corrected chi connectivity index (χ1v) is 8.77. The van der Waals surface area contributed by atoms with E-state index in [0.717, 1.165) is 31.2 Å². The topological polar surface area (TPSA) is 24.9 Å². The van der Waals surface area contributed by atoms with Crippen LogP contribution in [0.4, 0.5) is 0 Å². The highest BCUT2D eigenvalue weighted by Gasteiger charge is 2.36. The lowest BCUT2D eigenvalue weighted by Crippen LogP contribution is -2.57. The summed E-state index contributed by atoms with van der Waals surface area (Å²) in [7, 11) is 1.72. The van der Waals surface area contributed by atoms with Gasteiger partial charge in [-0.15, -0.1) is 0 Å². The highest BCUT2D eigenvalue weighted by molar-refractivity contribution is 4.93. The van der Waals surface area contributed by atoms with Gasteiger partial charge in [0.05, 0.1) is 13.2 Å². The third kappa shape index (κ3) is 5.20. The maximum atomic E-state index is 5.56. The predicted octanol–water partition coefficient (Wildman–Crippen LogP) is 2.23. The van der Waals surface area contributed by atoms with Gasteiger partial charge in [-0.05, 0) is 44.7 Å². The van der Waals surface area contributed by atoms with E-state index < -0.39 is 0 Å². The minimum Gasteiger partial charge on any atom is -0.382 e. The fraction of sp³-hybridized carbons (Fsp3) is 1.00. The van der Waals surface area contributed by atoms with Crippen molar-refractivity contribution in [3.63, 3.8) is 0 Å². The zero-order valence-electron chi connectivity index (χ0n) is 14.2. The third-order valence-corrected chi connectivity index (χ3v) is 5.02. The first-order chi connectivity index (χ1) is 10.2. The maximum Gasteiger partial charge on any atom is 0.0700 e. The molecule has 2 saturated heterocycles. The van der Waals surface area contributed by atoms with Crippen LogP contribution in [0.1, 0.15) is 39.5 Å². The monoisotopic (exact) mass is 298 g/mol. The Bertz CT molecular complexity index is 286. The molecule has 0 aromatic heterocycles. The average Bonchev–Trinajstić information content (AvgIpc) is 2.92. The van der Waals surface area contributed by atoms with Gasteiger partial charge in [0.15, 0.2) is 0 Å². The summed E-state index contributed by atoms with van der Waals surface area (Å²) in [6.07, 6.45) is 5.22. The van der Waals surface area contributed by atoms with Crippen molar-refractivity contribution in [3.05, 3.63) is 0 Å². The van der Waals surface area contributed by atoms with Crippen molar-refractivity contribution >= 4 is 0 Å². The van der Waals surface area contributed by atoms with Crippen LogP contribution < -0.4 is 0 Å². The number of fused-ring (bicyclic) bond motifs is 1. The molecule has 4 nitrogen and oxygen atoms in total. The molecule has 2 fully saturated rings. The molecule has 21 heavy (non-hydrogen) atoms. The van der Waals surface area contributed by atoms with Gasteiger partial charge in [0.2, 0.25) is 0 Å². The summed E-state index contributed by atoms with van der Waals surface area (Å²) in [5, 5.41) is 0. The van der Waals surface area contributed by atoms with Crippen LogP contribution in [0.25, 0.3) is 0 Å². The van der Waals surface area contributed by atoms with E-state index in [1.807, 2.05) is 0 Å². The average molecular weight is 298 g/mol. The van der Waals surface area contributed by atoms with E-state index in [-0.39, 0.29) is 0 Å². The molecule has 0 radical (unpaired) electrons. The largest absolute Gasteiger partial charge is 0.382 e. The van der Waals surface area contributed by atoms with Gasteiger partial charge in [-0.25, -0.2) is 0 Å². The first-order valence-electron chi connectivity index (χ1n) is 8.77. The van der Waals surface area contributed by atoms with Crippen LogP contribution >= 0.6 is 0 Å². The van der Waals surface area contributed by atoms with E-state index in [0.29, 0.717) is 6.61 Å². The number of nitrogens with zero attached hydrogens (tertiary/aromatic N) is 2. The molecule has 0 N–H and O–H groups in total. The quantitative estimate of drug-likeness (QED) is 0.610. The molecule has 0 amide bonds. The molecular formula is C17H34N2O2. The summed E-state index contributed by atoms with van der Waals surface area (Å²) in [4.78, 5) is 5.49. The van der Waals surface area contributed by atoms with Crippen molar-refractivity contribution < 1.29 is 9.47 Å². The van der Waals surface area contributed by atoms with Gasteiger partial charge in [-0.3, -0.25) is 9.80 Å². The molecule has 0 saturated carbocycles. The van der Waals surface area contributed by atoms with Gasteiger partial charge in [-0.1, -0.05) is 13.8 Å². The molecule has 0 bridgehead atoms. The van der Waals surface area contributed by atoms with Gasteiger partial charge in [0, 0.05) is 38.9 Å². The third-order valence-electron chi connectivity index (χ3n) is 5.02. The normalized spacial score (nSPS) is 27.4. The molecule has 2 aliphatic rings. The molecular weight excluding hydrogens is 264 g/mol. The second-order valence-electron chi connectivity index (χ2n) is 6.91. The van der Waals surface area contributed by atoms with Gasteiger partial charge >= 0.3 is 0 Å². The molecule has 4 heteroatoms. The Labute approximate surface area is 130 Å². The van der Waals surface area contributed by atoms with Crippen LogP contribution in [0.15, 0.2) is 0 Å². The molecule has 0 aromatic carbocycles. The summed E-state index contributed by atoms with van der Waals surface area (Å²) in [5.74, 6) is 0.754. The van der Waals surface area contributed by atoms with Crippen LogP contribution in [-0.2, 0) is 9.47 Å². The Morgan fingerprint density at radius 3 is 2.71 bits per heavy atom. The number of rotatable bonds is 9. The van der Waals surface area contributed by atoms with E-state index in [4.69, 9.17) is 9.47 Å². The fourth-order valence-electron chi connectivity index (χ4n) is 3.76. The number of methoxy groups -OCH3 is 1. The van der Waals surface area contributed by atoms with Crippen LogP contribution in [0, 0.1) is 5.92 Å². The van der Waals surface area contributed by atoms with Crippen molar-refractivity contribution in [2.75, 3.05) is 53.1 Å². The Balaban J connectivity index is 1.67. The van der Waals surface area contributed by atoms with Crippen molar-refractivity contribution in [1.29, 1.82) is 0 Å². The molecule has 0 aromatic rings. The van der Waals surface area contributed by atoms with Gasteiger partial charge in [-0.2, -0.15) is 0 Å². The summed E-state index contributed by atoms with van der Waals surface area (Å²) < 4.78 is 10.5. The van der Waals surface area contributed by atoms with Crippen LogP contribution in [0.5, 0.6) is 0 Å². The molecule has 2 heterocycles. The lowest BCUT2D eigenvalue weighted by molar-refractivity contribution is 0.0251. The number of hydrogen-bond donors (Lipinski definition) is 0. The number of ether oxygens (including phenoxy) is 2. The van der Waals surface area contributed by atoms with Crippen LogP contribution in [-0.4, -0.2) is 75.0 Å². The van der Waals surface area contributed by atoms with Crippen molar-refractivity contribution in [2.45, 2.75) is 51.6 Å². The van der Waals surface area contributed by atoms with Crippen LogP contribution in [0.2, 0.25) is 0 Å². The Morgan fingerprint density at radius 1 is 1.10 bits per heavy atom. The molecule has 0 spiro atoms. The van der Waals surface area contributed by atoms with E-state index in [1.165, 1.54) is 51.9 Å². The summed E-state index contributed by atoms with van der Waals surface area (Å²) >= 11 is 0. The maximum absolute atomic E-state index is 5.56. The van der Waals surface area contributed by atoms with Gasteiger partial charge in [0.1, 0.15) is 0 Å². The molecule has 2 atom stereocenters. The minimum atomic E-state index is 0.707. The van der Waals surface area contributed by atoms with Gasteiger partial charge in [0.25, 0.3) is 0 Å².